The van der Waals surface area contributed by atoms with E-state index in [0.29, 0.717) is 19.8 Å². The van der Waals surface area contributed by atoms with Crippen LogP contribution in [-0.2, 0) is 14.2 Å². The Morgan fingerprint density at radius 3 is 2.86 bits per heavy atom. The molecule has 6 nitrogen and oxygen atoms in total. The molecule has 2 heterocycles. The first-order valence-electron chi connectivity index (χ1n) is 10.0. The number of hydrogen-bond donors (Lipinski definition) is 1. The van der Waals surface area contributed by atoms with E-state index in [0.717, 1.165) is 45.0 Å². The summed E-state index contributed by atoms with van der Waals surface area (Å²) < 4.78 is 17.4. The molecule has 3 rings (SSSR count). The number of aliphatic imine (C=N–C) groups is 1. The minimum atomic E-state index is 0. The van der Waals surface area contributed by atoms with Crippen LogP contribution in [-0.4, -0.2) is 70.1 Å². The zero-order chi connectivity index (χ0) is 19.1. The Hall–Kier alpha value is -0.900. The van der Waals surface area contributed by atoms with Crippen molar-refractivity contribution in [3.8, 4) is 0 Å². The maximum absolute atomic E-state index is 6.05. The van der Waals surface area contributed by atoms with E-state index in [2.05, 4.69) is 47.3 Å². The summed E-state index contributed by atoms with van der Waals surface area (Å²) in [7, 11) is 1.83. The summed E-state index contributed by atoms with van der Waals surface area (Å²) in [6.45, 7) is 9.59. The maximum Gasteiger partial charge on any atom is 0.193 e. The number of morpholine rings is 1. The Bertz CT molecular complexity index is 635. The van der Waals surface area contributed by atoms with Gasteiger partial charge in [0, 0.05) is 26.7 Å². The third-order valence-corrected chi connectivity index (χ3v) is 5.21. The fraction of sp³-hybridized carbons (Fsp3) is 0.667. The second-order valence-corrected chi connectivity index (χ2v) is 7.35. The van der Waals surface area contributed by atoms with E-state index in [-0.39, 0.29) is 36.2 Å². The van der Waals surface area contributed by atoms with E-state index in [9.17, 15) is 0 Å². The molecule has 0 aliphatic carbocycles. The molecule has 158 valence electrons. The number of halogens is 1. The molecule has 1 aromatic carbocycles. The molecule has 2 unspecified atom stereocenters. The third kappa shape index (κ3) is 6.57. The Morgan fingerprint density at radius 1 is 1.29 bits per heavy atom. The lowest BCUT2D eigenvalue weighted by Crippen LogP contribution is -2.48. The highest BCUT2D eigenvalue weighted by atomic mass is 127. The summed E-state index contributed by atoms with van der Waals surface area (Å²) in [5.41, 5.74) is 3.83. The van der Waals surface area contributed by atoms with Crippen LogP contribution in [0.5, 0.6) is 0 Å². The molecule has 2 saturated heterocycles. The summed E-state index contributed by atoms with van der Waals surface area (Å²) in [4.78, 5) is 6.72. The lowest BCUT2D eigenvalue weighted by molar-refractivity contribution is -0.00872. The van der Waals surface area contributed by atoms with Gasteiger partial charge in [0.25, 0.3) is 0 Å². The predicted molar refractivity (Wildman–Crippen MR) is 123 cm³/mol. The first-order chi connectivity index (χ1) is 13.2. The quantitative estimate of drug-likeness (QED) is 0.280. The topological polar surface area (TPSA) is 55.3 Å². The van der Waals surface area contributed by atoms with Crippen molar-refractivity contribution in [1.29, 1.82) is 0 Å². The highest BCUT2D eigenvalue weighted by molar-refractivity contribution is 14.0. The van der Waals surface area contributed by atoms with Crippen molar-refractivity contribution in [3.05, 3.63) is 34.9 Å². The SMILES string of the molecule is CN=C(NCCOCC1CCCO1)N1CCOC(c2ccc(C)cc2C)C1.I. The van der Waals surface area contributed by atoms with Gasteiger partial charge in [0.1, 0.15) is 6.10 Å². The summed E-state index contributed by atoms with van der Waals surface area (Å²) in [6.07, 6.45) is 2.62. The summed E-state index contributed by atoms with van der Waals surface area (Å²) in [5, 5.41) is 3.41. The van der Waals surface area contributed by atoms with E-state index in [4.69, 9.17) is 14.2 Å². The van der Waals surface area contributed by atoms with Crippen LogP contribution in [0.1, 0.15) is 35.6 Å². The largest absolute Gasteiger partial charge is 0.377 e. The molecule has 28 heavy (non-hydrogen) atoms. The molecule has 2 aliphatic heterocycles. The molecular weight excluding hydrogens is 469 g/mol. The first-order valence-corrected chi connectivity index (χ1v) is 10.0. The van der Waals surface area contributed by atoms with Crippen LogP contribution < -0.4 is 5.32 Å². The standard InChI is InChI=1S/C21H33N3O3.HI/c1-16-6-7-19(17(2)13-16)20-14-24(9-12-27-20)21(22-3)23-8-11-25-15-18-5-4-10-26-18;/h6-7,13,18,20H,4-5,8-12,14-15H2,1-3H3,(H,22,23);1H. The normalized spacial score (nSPS) is 22.8. The molecule has 2 fully saturated rings. The van der Waals surface area contributed by atoms with Crippen molar-refractivity contribution in [1.82, 2.24) is 10.2 Å². The van der Waals surface area contributed by atoms with Crippen LogP contribution in [0.3, 0.4) is 0 Å². The lowest BCUT2D eigenvalue weighted by atomic mass is 10.00. The Morgan fingerprint density at radius 2 is 2.14 bits per heavy atom. The number of ether oxygens (including phenoxy) is 3. The highest BCUT2D eigenvalue weighted by Crippen LogP contribution is 2.25. The number of hydrogen-bond acceptors (Lipinski definition) is 4. The average Bonchev–Trinajstić information content (AvgIpc) is 3.18. The zero-order valence-electron chi connectivity index (χ0n) is 17.3. The van der Waals surface area contributed by atoms with Gasteiger partial charge in [-0.25, -0.2) is 0 Å². The van der Waals surface area contributed by atoms with Crippen molar-refractivity contribution in [3.63, 3.8) is 0 Å². The van der Waals surface area contributed by atoms with Crippen LogP contribution in [0.2, 0.25) is 0 Å². The van der Waals surface area contributed by atoms with Gasteiger partial charge in [-0.1, -0.05) is 23.8 Å². The minimum absolute atomic E-state index is 0. The summed E-state index contributed by atoms with van der Waals surface area (Å²) in [5.74, 6) is 0.911. The molecule has 0 bridgehead atoms. The second kappa shape index (κ2) is 11.9. The van der Waals surface area contributed by atoms with E-state index in [1.54, 1.807) is 0 Å². The molecule has 0 amide bonds. The molecule has 0 spiro atoms. The second-order valence-electron chi connectivity index (χ2n) is 7.35. The Kier molecular flexibility index (Phi) is 9.98. The van der Waals surface area contributed by atoms with Gasteiger partial charge in [0.05, 0.1) is 32.5 Å². The number of benzene rings is 1. The van der Waals surface area contributed by atoms with Gasteiger partial charge in [0.2, 0.25) is 0 Å². The van der Waals surface area contributed by atoms with Crippen molar-refractivity contribution in [2.75, 3.05) is 53.1 Å². The number of guanidine groups is 1. The van der Waals surface area contributed by atoms with Crippen molar-refractivity contribution in [2.24, 2.45) is 4.99 Å². The number of nitrogens with zero attached hydrogens (tertiary/aromatic N) is 2. The molecular formula is C21H34IN3O3. The van der Waals surface area contributed by atoms with Crippen LogP contribution in [0, 0.1) is 13.8 Å². The van der Waals surface area contributed by atoms with Gasteiger partial charge >= 0.3 is 0 Å². The molecule has 1 N–H and O–H groups in total. The molecule has 0 saturated carbocycles. The van der Waals surface area contributed by atoms with Crippen molar-refractivity contribution in [2.45, 2.75) is 38.9 Å². The number of rotatable bonds is 6. The van der Waals surface area contributed by atoms with Crippen molar-refractivity contribution >= 4 is 29.9 Å². The fourth-order valence-electron chi connectivity index (χ4n) is 3.77. The van der Waals surface area contributed by atoms with E-state index in [1.165, 1.54) is 16.7 Å². The minimum Gasteiger partial charge on any atom is -0.377 e. The van der Waals surface area contributed by atoms with Gasteiger partial charge < -0.3 is 24.4 Å². The number of aryl methyl sites for hydroxylation is 2. The molecule has 0 aromatic heterocycles. The van der Waals surface area contributed by atoms with E-state index >= 15 is 0 Å². The molecule has 2 aliphatic rings. The van der Waals surface area contributed by atoms with Gasteiger partial charge in [-0.2, -0.15) is 0 Å². The van der Waals surface area contributed by atoms with Gasteiger partial charge in [-0.05, 0) is 37.8 Å². The first kappa shape index (κ1) is 23.4. The van der Waals surface area contributed by atoms with Gasteiger partial charge in [-0.3, -0.25) is 4.99 Å². The average molecular weight is 503 g/mol. The highest BCUT2D eigenvalue weighted by Gasteiger charge is 2.25. The van der Waals surface area contributed by atoms with Crippen LogP contribution in [0.4, 0.5) is 0 Å². The molecule has 7 heteroatoms. The zero-order valence-corrected chi connectivity index (χ0v) is 19.6. The lowest BCUT2D eigenvalue weighted by Gasteiger charge is -2.35. The third-order valence-electron chi connectivity index (χ3n) is 5.21. The fourth-order valence-corrected chi connectivity index (χ4v) is 3.77. The Balaban J connectivity index is 0.00000280. The van der Waals surface area contributed by atoms with E-state index < -0.39 is 0 Å². The number of nitrogens with one attached hydrogen (secondary N) is 1. The smallest absolute Gasteiger partial charge is 0.193 e. The Labute approximate surface area is 186 Å². The van der Waals surface area contributed by atoms with E-state index in [1.807, 2.05) is 7.05 Å². The summed E-state index contributed by atoms with van der Waals surface area (Å²) in [6, 6.07) is 6.56. The van der Waals surface area contributed by atoms with Gasteiger partial charge in [-0.15, -0.1) is 24.0 Å². The monoisotopic (exact) mass is 503 g/mol. The van der Waals surface area contributed by atoms with Crippen LogP contribution in [0.25, 0.3) is 0 Å². The summed E-state index contributed by atoms with van der Waals surface area (Å²) >= 11 is 0. The molecule has 0 radical (unpaired) electrons. The maximum atomic E-state index is 6.05. The predicted octanol–water partition coefficient (Wildman–Crippen LogP) is 3.07. The van der Waals surface area contributed by atoms with Crippen LogP contribution >= 0.6 is 24.0 Å². The van der Waals surface area contributed by atoms with Crippen LogP contribution in [0.15, 0.2) is 23.2 Å². The van der Waals surface area contributed by atoms with Crippen molar-refractivity contribution < 1.29 is 14.2 Å². The molecule has 1 aromatic rings. The molecule has 2 atom stereocenters. The van der Waals surface area contributed by atoms with Gasteiger partial charge in [0.15, 0.2) is 5.96 Å².